The molecule has 0 saturated carbocycles. The Balaban J connectivity index is 2.23. The molecule has 0 spiro atoms. The van der Waals surface area contributed by atoms with E-state index in [-0.39, 0.29) is 11.9 Å². The molecule has 1 aromatic heterocycles. The number of nitrogens with one attached hydrogen (secondary N) is 2. The second-order valence-corrected chi connectivity index (χ2v) is 5.23. The molecule has 1 atom stereocenters. The molecule has 112 valence electrons. The SMILES string of the molecule is CCCCC(C)NC(=O)c1cc(NN)c2ccccc2n1. The van der Waals surface area contributed by atoms with Gasteiger partial charge in [-0.25, -0.2) is 4.98 Å². The van der Waals surface area contributed by atoms with Crippen molar-refractivity contribution in [3.05, 3.63) is 36.0 Å². The largest absolute Gasteiger partial charge is 0.348 e. The van der Waals surface area contributed by atoms with E-state index in [1.54, 1.807) is 6.07 Å². The molecule has 0 aliphatic carbocycles. The topological polar surface area (TPSA) is 80.0 Å². The predicted octanol–water partition coefficient (Wildman–Crippen LogP) is 2.83. The summed E-state index contributed by atoms with van der Waals surface area (Å²) in [5.41, 5.74) is 4.46. The number of pyridine rings is 1. The van der Waals surface area contributed by atoms with Gasteiger partial charge >= 0.3 is 0 Å². The normalized spacial score (nSPS) is 12.1. The molecule has 4 N–H and O–H groups in total. The number of nitrogen functional groups attached to an aromatic ring is 1. The van der Waals surface area contributed by atoms with Gasteiger partial charge in [-0.15, -0.1) is 0 Å². The Bertz CT molecular complexity index is 627. The second-order valence-electron chi connectivity index (χ2n) is 5.23. The molecule has 1 unspecified atom stereocenters. The first kappa shape index (κ1) is 15.3. The summed E-state index contributed by atoms with van der Waals surface area (Å²) in [6.07, 6.45) is 3.19. The molecule has 1 amide bonds. The van der Waals surface area contributed by atoms with Gasteiger partial charge in [-0.2, -0.15) is 0 Å². The highest BCUT2D eigenvalue weighted by Crippen LogP contribution is 2.22. The Morgan fingerprint density at radius 2 is 2.14 bits per heavy atom. The highest BCUT2D eigenvalue weighted by molar-refractivity contribution is 5.99. The molecule has 5 nitrogen and oxygen atoms in total. The van der Waals surface area contributed by atoms with Crippen LogP contribution in [0.2, 0.25) is 0 Å². The van der Waals surface area contributed by atoms with Crippen LogP contribution in [0.3, 0.4) is 0 Å². The van der Waals surface area contributed by atoms with Crippen LogP contribution in [-0.4, -0.2) is 16.9 Å². The minimum atomic E-state index is -0.166. The van der Waals surface area contributed by atoms with Crippen molar-refractivity contribution in [1.29, 1.82) is 0 Å². The van der Waals surface area contributed by atoms with E-state index in [1.165, 1.54) is 0 Å². The number of benzene rings is 1. The van der Waals surface area contributed by atoms with Crippen molar-refractivity contribution < 1.29 is 4.79 Å². The van der Waals surface area contributed by atoms with E-state index in [1.807, 2.05) is 31.2 Å². The molecule has 1 heterocycles. The highest BCUT2D eigenvalue weighted by Gasteiger charge is 2.13. The fourth-order valence-corrected chi connectivity index (χ4v) is 2.29. The molecule has 1 aromatic carbocycles. The van der Waals surface area contributed by atoms with E-state index < -0.39 is 0 Å². The summed E-state index contributed by atoms with van der Waals surface area (Å²) in [5.74, 6) is 5.38. The average Bonchev–Trinajstić information content (AvgIpc) is 2.51. The summed E-state index contributed by atoms with van der Waals surface area (Å²) in [5, 5.41) is 3.88. The second kappa shape index (κ2) is 7.04. The van der Waals surface area contributed by atoms with Gasteiger partial charge in [-0.1, -0.05) is 38.0 Å². The molecule has 5 heteroatoms. The molecular formula is C16H22N4O. The number of unbranched alkanes of at least 4 members (excludes halogenated alkanes) is 1. The zero-order chi connectivity index (χ0) is 15.2. The molecule has 0 saturated heterocycles. The summed E-state index contributed by atoms with van der Waals surface area (Å²) < 4.78 is 0. The number of hydrazine groups is 1. The number of amides is 1. The van der Waals surface area contributed by atoms with E-state index in [2.05, 4.69) is 22.7 Å². The maximum Gasteiger partial charge on any atom is 0.270 e. The van der Waals surface area contributed by atoms with Crippen LogP contribution in [0.4, 0.5) is 5.69 Å². The van der Waals surface area contributed by atoms with Crippen molar-refractivity contribution in [2.24, 2.45) is 5.84 Å². The van der Waals surface area contributed by atoms with E-state index >= 15 is 0 Å². The van der Waals surface area contributed by atoms with Crippen LogP contribution in [0.1, 0.15) is 43.6 Å². The summed E-state index contributed by atoms with van der Waals surface area (Å²) in [4.78, 5) is 16.7. The average molecular weight is 286 g/mol. The summed E-state index contributed by atoms with van der Waals surface area (Å²) in [7, 11) is 0. The van der Waals surface area contributed by atoms with E-state index in [4.69, 9.17) is 5.84 Å². The van der Waals surface area contributed by atoms with E-state index in [0.29, 0.717) is 11.4 Å². The van der Waals surface area contributed by atoms with Gasteiger partial charge in [0.2, 0.25) is 0 Å². The number of anilines is 1. The highest BCUT2D eigenvalue weighted by atomic mass is 16.1. The maximum atomic E-state index is 12.3. The van der Waals surface area contributed by atoms with Crippen LogP contribution >= 0.6 is 0 Å². The fraction of sp³-hybridized carbons (Fsp3) is 0.375. The van der Waals surface area contributed by atoms with Gasteiger partial charge in [0.1, 0.15) is 5.69 Å². The number of rotatable bonds is 6. The monoisotopic (exact) mass is 286 g/mol. The molecule has 0 radical (unpaired) electrons. The Hall–Kier alpha value is -2.14. The minimum Gasteiger partial charge on any atom is -0.348 e. The zero-order valence-electron chi connectivity index (χ0n) is 12.5. The van der Waals surface area contributed by atoms with E-state index in [9.17, 15) is 4.79 Å². The van der Waals surface area contributed by atoms with Crippen LogP contribution in [0.5, 0.6) is 0 Å². The van der Waals surface area contributed by atoms with Gasteiger partial charge < -0.3 is 10.7 Å². The van der Waals surface area contributed by atoms with Crippen LogP contribution in [0, 0.1) is 0 Å². The smallest absolute Gasteiger partial charge is 0.270 e. The van der Waals surface area contributed by atoms with Crippen LogP contribution < -0.4 is 16.6 Å². The number of carbonyl (C=O) groups excluding carboxylic acids is 1. The Morgan fingerprint density at radius 1 is 1.38 bits per heavy atom. The van der Waals surface area contributed by atoms with Gasteiger partial charge in [-0.05, 0) is 25.5 Å². The number of fused-ring (bicyclic) bond motifs is 1. The lowest BCUT2D eigenvalue weighted by molar-refractivity contribution is 0.0933. The molecule has 2 aromatic rings. The Kier molecular flexibility index (Phi) is 5.11. The van der Waals surface area contributed by atoms with Crippen LogP contribution in [-0.2, 0) is 0 Å². The van der Waals surface area contributed by atoms with Crippen molar-refractivity contribution in [2.75, 3.05) is 5.43 Å². The third-order valence-electron chi connectivity index (χ3n) is 3.47. The minimum absolute atomic E-state index is 0.139. The Morgan fingerprint density at radius 3 is 2.86 bits per heavy atom. The molecule has 0 aliphatic heterocycles. The Labute approximate surface area is 124 Å². The first-order valence-electron chi connectivity index (χ1n) is 7.33. The molecule has 0 aliphatic rings. The fourth-order valence-electron chi connectivity index (χ4n) is 2.29. The van der Waals surface area contributed by atoms with Crippen LogP contribution in [0.15, 0.2) is 30.3 Å². The lowest BCUT2D eigenvalue weighted by atomic mass is 10.1. The molecular weight excluding hydrogens is 264 g/mol. The quantitative estimate of drug-likeness (QED) is 0.563. The molecule has 0 fully saturated rings. The van der Waals surface area contributed by atoms with Crippen molar-refractivity contribution >= 4 is 22.5 Å². The number of nitrogens with two attached hydrogens (primary N) is 1. The van der Waals surface area contributed by atoms with Gasteiger partial charge in [0, 0.05) is 11.4 Å². The van der Waals surface area contributed by atoms with Crippen molar-refractivity contribution in [3.63, 3.8) is 0 Å². The number of carbonyl (C=O) groups is 1. The zero-order valence-corrected chi connectivity index (χ0v) is 12.5. The first-order chi connectivity index (χ1) is 10.2. The van der Waals surface area contributed by atoms with Crippen molar-refractivity contribution in [1.82, 2.24) is 10.3 Å². The number of para-hydroxylation sites is 1. The first-order valence-corrected chi connectivity index (χ1v) is 7.33. The standard InChI is InChI=1S/C16H22N4O/c1-3-4-7-11(2)18-16(21)15-10-14(20-17)12-8-5-6-9-13(12)19-15/h5-6,8-11H,3-4,7,17H2,1-2H3,(H,18,21)(H,19,20). The van der Waals surface area contributed by atoms with E-state index in [0.717, 1.165) is 30.2 Å². The van der Waals surface area contributed by atoms with Crippen LogP contribution in [0.25, 0.3) is 10.9 Å². The lowest BCUT2D eigenvalue weighted by Crippen LogP contribution is -2.33. The maximum absolute atomic E-state index is 12.3. The molecule has 0 bridgehead atoms. The number of hydrogen-bond acceptors (Lipinski definition) is 4. The third-order valence-corrected chi connectivity index (χ3v) is 3.47. The summed E-state index contributed by atoms with van der Waals surface area (Å²) in [6.45, 7) is 4.15. The summed E-state index contributed by atoms with van der Waals surface area (Å²) >= 11 is 0. The number of hydrogen-bond donors (Lipinski definition) is 3. The van der Waals surface area contributed by atoms with Crippen molar-refractivity contribution in [3.8, 4) is 0 Å². The summed E-state index contributed by atoms with van der Waals surface area (Å²) in [6, 6.07) is 9.42. The predicted molar refractivity (Wildman–Crippen MR) is 86.0 cm³/mol. The van der Waals surface area contributed by atoms with Crippen molar-refractivity contribution in [2.45, 2.75) is 39.2 Å². The number of aromatic nitrogens is 1. The molecule has 21 heavy (non-hydrogen) atoms. The van der Waals surface area contributed by atoms with Gasteiger partial charge in [0.25, 0.3) is 5.91 Å². The van der Waals surface area contributed by atoms with Gasteiger partial charge in [0.05, 0.1) is 11.2 Å². The lowest BCUT2D eigenvalue weighted by Gasteiger charge is -2.14. The van der Waals surface area contributed by atoms with Gasteiger partial charge in [0.15, 0.2) is 0 Å². The number of nitrogens with zero attached hydrogens (tertiary/aromatic N) is 1. The van der Waals surface area contributed by atoms with Gasteiger partial charge in [-0.3, -0.25) is 10.6 Å². The molecule has 2 rings (SSSR count). The third kappa shape index (κ3) is 3.70.